The number of nitrogens with zero attached hydrogens (tertiary/aromatic N) is 2. The Morgan fingerprint density at radius 1 is 1.19 bits per heavy atom. The van der Waals surface area contributed by atoms with Crippen LogP contribution in [0.5, 0.6) is 5.75 Å². The Bertz CT molecular complexity index is 809. The second-order valence-electron chi connectivity index (χ2n) is 7.10. The molecule has 0 saturated carbocycles. The molecule has 1 N–H and O–H groups in total. The summed E-state index contributed by atoms with van der Waals surface area (Å²) in [5.74, 6) is 0.474. The summed E-state index contributed by atoms with van der Waals surface area (Å²) < 4.78 is 4.44. The number of para-hydroxylation sites is 1. The number of amides is 1. The fourth-order valence-electron chi connectivity index (χ4n) is 3.22. The van der Waals surface area contributed by atoms with Crippen LogP contribution in [-0.2, 0) is 9.54 Å². The van der Waals surface area contributed by atoms with Crippen molar-refractivity contribution in [2.24, 2.45) is 0 Å². The van der Waals surface area contributed by atoms with Gasteiger partial charge >= 0.3 is 0 Å². The fourth-order valence-corrected chi connectivity index (χ4v) is 4.57. The van der Waals surface area contributed by atoms with Gasteiger partial charge in [-0.15, -0.1) is 11.8 Å². The highest BCUT2D eigenvalue weighted by molar-refractivity contribution is 8.00. The van der Waals surface area contributed by atoms with Crippen LogP contribution in [0.25, 0.3) is 0 Å². The lowest BCUT2D eigenvalue weighted by atomic mass is 9.93. The average molecular weight is 387 g/mol. The topological polar surface area (TPSA) is 53.0 Å². The second kappa shape index (κ2) is 7.92. The molecule has 1 heterocycles. The van der Waals surface area contributed by atoms with Crippen LogP contribution in [0, 0.1) is 0 Å². The molecule has 0 fully saturated rings. The summed E-state index contributed by atoms with van der Waals surface area (Å²) in [6.07, 6.45) is -1.16. The number of benzene rings is 2. The first-order chi connectivity index (χ1) is 12.9. The number of likely N-dealkylation sites (N-methyl/N-ethyl adjacent to an activating group) is 1. The van der Waals surface area contributed by atoms with E-state index in [4.69, 9.17) is 4.74 Å². The van der Waals surface area contributed by atoms with Crippen LogP contribution in [0.15, 0.2) is 53.4 Å². The van der Waals surface area contributed by atoms with Gasteiger partial charge in [0, 0.05) is 18.0 Å². The first-order valence-corrected chi connectivity index (χ1v) is 9.75. The van der Waals surface area contributed by atoms with E-state index in [1.165, 1.54) is 11.8 Å². The van der Waals surface area contributed by atoms with E-state index < -0.39 is 10.9 Å². The molecule has 0 saturated heterocycles. The summed E-state index contributed by atoms with van der Waals surface area (Å²) >= 11 is 1.53. The van der Waals surface area contributed by atoms with Gasteiger partial charge in [0.15, 0.2) is 6.10 Å². The minimum Gasteiger partial charge on any atom is -0.497 e. The standard InChI is InChI=1S/C21H26N2O3S/c1-21(15-9-11-16(26-4)12-10-15)19(24)20(25)23(14-13-22(2)3)17-7-5-6-8-18(17)27-21/h5-12,19,24H,13-14H2,1-4H3. The molecule has 1 aliphatic heterocycles. The maximum Gasteiger partial charge on any atom is 0.257 e. The van der Waals surface area contributed by atoms with Crippen molar-refractivity contribution < 1.29 is 14.6 Å². The van der Waals surface area contributed by atoms with Crippen LogP contribution < -0.4 is 9.64 Å². The number of methoxy groups -OCH3 is 1. The minimum absolute atomic E-state index is 0.271. The van der Waals surface area contributed by atoms with E-state index in [-0.39, 0.29) is 5.91 Å². The zero-order valence-corrected chi connectivity index (χ0v) is 17.0. The van der Waals surface area contributed by atoms with E-state index in [1.54, 1.807) is 12.0 Å². The summed E-state index contributed by atoms with van der Waals surface area (Å²) in [6, 6.07) is 15.4. The number of aliphatic hydroxyl groups is 1. The molecular formula is C21H26N2O3S. The number of ether oxygens (including phenoxy) is 1. The van der Waals surface area contributed by atoms with Gasteiger partial charge in [0.1, 0.15) is 5.75 Å². The van der Waals surface area contributed by atoms with Crippen molar-refractivity contribution >= 4 is 23.4 Å². The van der Waals surface area contributed by atoms with E-state index in [1.807, 2.05) is 74.4 Å². The van der Waals surface area contributed by atoms with Crippen molar-refractivity contribution in [1.82, 2.24) is 4.90 Å². The molecule has 2 atom stereocenters. The summed E-state index contributed by atoms with van der Waals surface area (Å²) in [5, 5.41) is 11.1. The summed E-state index contributed by atoms with van der Waals surface area (Å²) in [6.45, 7) is 3.17. The zero-order valence-electron chi connectivity index (χ0n) is 16.2. The van der Waals surface area contributed by atoms with Gasteiger partial charge < -0.3 is 19.6 Å². The molecule has 2 unspecified atom stereocenters. The van der Waals surface area contributed by atoms with Gasteiger partial charge in [0.2, 0.25) is 0 Å². The Morgan fingerprint density at radius 2 is 1.85 bits per heavy atom. The monoisotopic (exact) mass is 386 g/mol. The third-order valence-corrected chi connectivity index (χ3v) is 6.38. The fraction of sp³-hybridized carbons (Fsp3) is 0.381. The van der Waals surface area contributed by atoms with Crippen molar-refractivity contribution in [3.8, 4) is 5.75 Å². The summed E-state index contributed by atoms with van der Waals surface area (Å²) in [7, 11) is 5.57. The Labute approximate surface area is 164 Å². The Morgan fingerprint density at radius 3 is 2.48 bits per heavy atom. The van der Waals surface area contributed by atoms with Gasteiger partial charge in [-0.3, -0.25) is 4.79 Å². The highest BCUT2D eigenvalue weighted by Crippen LogP contribution is 2.50. The third kappa shape index (κ3) is 3.83. The van der Waals surface area contributed by atoms with Crippen LogP contribution in [-0.4, -0.2) is 56.3 Å². The summed E-state index contributed by atoms with van der Waals surface area (Å²) in [5.41, 5.74) is 1.74. The Hall–Kier alpha value is -2.02. The minimum atomic E-state index is -1.16. The Kier molecular flexibility index (Phi) is 5.79. The number of rotatable bonds is 5. The van der Waals surface area contributed by atoms with Crippen LogP contribution in [0.1, 0.15) is 12.5 Å². The molecule has 0 bridgehead atoms. The van der Waals surface area contributed by atoms with Crippen molar-refractivity contribution in [3.05, 3.63) is 54.1 Å². The van der Waals surface area contributed by atoms with Crippen LogP contribution in [0.2, 0.25) is 0 Å². The van der Waals surface area contributed by atoms with Gasteiger partial charge in [-0.05, 0) is 50.8 Å². The zero-order chi connectivity index (χ0) is 19.6. The first-order valence-electron chi connectivity index (χ1n) is 8.93. The largest absolute Gasteiger partial charge is 0.497 e. The average Bonchev–Trinajstić information content (AvgIpc) is 2.75. The molecule has 2 aromatic carbocycles. The van der Waals surface area contributed by atoms with E-state index in [0.717, 1.165) is 28.4 Å². The number of thioether (sulfide) groups is 1. The molecule has 5 nitrogen and oxygen atoms in total. The van der Waals surface area contributed by atoms with Crippen LogP contribution in [0.3, 0.4) is 0 Å². The lowest BCUT2D eigenvalue weighted by Gasteiger charge is -2.33. The molecule has 0 spiro atoms. The number of anilines is 1. The Balaban J connectivity index is 2.05. The van der Waals surface area contributed by atoms with Crippen molar-refractivity contribution in [2.75, 3.05) is 39.2 Å². The molecule has 0 radical (unpaired) electrons. The quantitative estimate of drug-likeness (QED) is 0.856. The van der Waals surface area contributed by atoms with Crippen molar-refractivity contribution in [3.63, 3.8) is 0 Å². The molecular weight excluding hydrogens is 360 g/mol. The maximum absolute atomic E-state index is 13.3. The van der Waals surface area contributed by atoms with E-state index in [9.17, 15) is 9.90 Å². The lowest BCUT2D eigenvalue weighted by Crippen LogP contribution is -2.48. The number of aliphatic hydroxyl groups excluding tert-OH is 1. The van der Waals surface area contributed by atoms with Crippen molar-refractivity contribution in [1.29, 1.82) is 0 Å². The van der Waals surface area contributed by atoms with Gasteiger partial charge in [-0.1, -0.05) is 24.3 Å². The van der Waals surface area contributed by atoms with Gasteiger partial charge in [-0.25, -0.2) is 0 Å². The third-order valence-electron chi connectivity index (χ3n) is 4.93. The smallest absolute Gasteiger partial charge is 0.257 e. The molecule has 6 heteroatoms. The number of carbonyl (C=O) groups is 1. The van der Waals surface area contributed by atoms with E-state index in [2.05, 4.69) is 0 Å². The van der Waals surface area contributed by atoms with Gasteiger partial charge in [0.05, 0.1) is 17.5 Å². The lowest BCUT2D eigenvalue weighted by molar-refractivity contribution is -0.128. The number of hydrogen-bond acceptors (Lipinski definition) is 5. The molecule has 2 aromatic rings. The molecule has 144 valence electrons. The molecule has 0 aromatic heterocycles. The maximum atomic E-state index is 13.3. The normalized spacial score (nSPS) is 22.5. The molecule has 1 amide bonds. The molecule has 3 rings (SSSR count). The molecule has 0 aliphatic carbocycles. The van der Waals surface area contributed by atoms with E-state index >= 15 is 0 Å². The highest BCUT2D eigenvalue weighted by Gasteiger charge is 2.45. The predicted octanol–water partition coefficient (Wildman–Crippen LogP) is 2.97. The van der Waals surface area contributed by atoms with Crippen LogP contribution in [0.4, 0.5) is 5.69 Å². The number of fused-ring (bicyclic) bond motifs is 1. The van der Waals surface area contributed by atoms with E-state index in [0.29, 0.717) is 6.54 Å². The first kappa shape index (κ1) is 19.7. The number of carbonyl (C=O) groups excluding carboxylic acids is 1. The molecule has 1 aliphatic rings. The van der Waals surface area contributed by atoms with Gasteiger partial charge in [-0.2, -0.15) is 0 Å². The highest BCUT2D eigenvalue weighted by atomic mass is 32.2. The van der Waals surface area contributed by atoms with Crippen LogP contribution >= 0.6 is 11.8 Å². The van der Waals surface area contributed by atoms with Crippen molar-refractivity contribution in [2.45, 2.75) is 22.7 Å². The second-order valence-corrected chi connectivity index (χ2v) is 8.59. The molecule has 27 heavy (non-hydrogen) atoms. The SMILES string of the molecule is COc1ccc(C2(C)Sc3ccccc3N(CCN(C)C)C(=O)C2O)cc1. The number of hydrogen-bond donors (Lipinski definition) is 1. The summed E-state index contributed by atoms with van der Waals surface area (Å²) in [4.78, 5) is 18.0. The predicted molar refractivity (Wildman–Crippen MR) is 110 cm³/mol. The van der Waals surface area contributed by atoms with Gasteiger partial charge in [0.25, 0.3) is 5.91 Å².